The van der Waals surface area contributed by atoms with E-state index in [2.05, 4.69) is 4.74 Å². The molecule has 0 aromatic heterocycles. The summed E-state index contributed by atoms with van der Waals surface area (Å²) in [5.74, 6) is -0.921. The molecule has 0 radical (unpaired) electrons. The summed E-state index contributed by atoms with van der Waals surface area (Å²) in [5.41, 5.74) is 0. The summed E-state index contributed by atoms with van der Waals surface area (Å²) in [6.45, 7) is 7.28. The minimum atomic E-state index is -0.833. The van der Waals surface area contributed by atoms with E-state index >= 15 is 0 Å². The molecule has 15 heavy (non-hydrogen) atoms. The van der Waals surface area contributed by atoms with Crippen LogP contribution in [0.1, 0.15) is 40.5 Å². The molecule has 0 atom stereocenters. The summed E-state index contributed by atoms with van der Waals surface area (Å²) < 4.78 is 4.64. The minimum Gasteiger partial charge on any atom is -0.481 e. The topological polar surface area (TPSA) is 83.8 Å². The van der Waals surface area contributed by atoms with Crippen molar-refractivity contribution in [1.82, 2.24) is 0 Å². The van der Waals surface area contributed by atoms with Gasteiger partial charge in [-0.25, -0.2) is 0 Å². The molecule has 0 saturated heterocycles. The van der Waals surface area contributed by atoms with E-state index in [1.54, 1.807) is 6.92 Å². The molecule has 0 unspecified atom stereocenters. The molecule has 0 spiro atoms. The lowest BCUT2D eigenvalue weighted by Crippen LogP contribution is -2.01. The van der Waals surface area contributed by atoms with Gasteiger partial charge in [0.1, 0.15) is 0 Å². The standard InChI is InChI=1S/C6H12O2.C2H4O2.C2H6O/c1-3-5-6(7)8-4-2;1-2(3)4;1-2-3/h3-5H2,1-2H3;1H3,(H,3,4);3H,2H2,1H3. The second-order valence-electron chi connectivity index (χ2n) is 2.39. The van der Waals surface area contributed by atoms with Crippen LogP contribution in [0.25, 0.3) is 0 Å². The zero-order valence-corrected chi connectivity index (χ0v) is 9.95. The highest BCUT2D eigenvalue weighted by atomic mass is 16.5. The van der Waals surface area contributed by atoms with Crippen molar-refractivity contribution in [3.05, 3.63) is 0 Å². The Balaban J connectivity index is -0.000000173. The first-order valence-electron chi connectivity index (χ1n) is 4.92. The van der Waals surface area contributed by atoms with E-state index < -0.39 is 5.97 Å². The van der Waals surface area contributed by atoms with Crippen LogP contribution in [0, 0.1) is 0 Å². The highest BCUT2D eigenvalue weighted by molar-refractivity contribution is 5.69. The molecule has 0 amide bonds. The lowest BCUT2D eigenvalue weighted by atomic mass is 10.3. The van der Waals surface area contributed by atoms with Crippen LogP contribution in [0.15, 0.2) is 0 Å². The molecule has 0 saturated carbocycles. The molecule has 5 heteroatoms. The summed E-state index contributed by atoms with van der Waals surface area (Å²) in [7, 11) is 0. The Morgan fingerprint density at radius 3 is 1.73 bits per heavy atom. The highest BCUT2D eigenvalue weighted by Gasteiger charge is 1.95. The van der Waals surface area contributed by atoms with Crippen molar-refractivity contribution < 1.29 is 24.5 Å². The summed E-state index contributed by atoms with van der Waals surface area (Å²) >= 11 is 0. The summed E-state index contributed by atoms with van der Waals surface area (Å²) in [6.07, 6.45) is 1.42. The number of hydrogen-bond acceptors (Lipinski definition) is 4. The molecule has 0 aromatic carbocycles. The number of esters is 1. The molecule has 5 nitrogen and oxygen atoms in total. The smallest absolute Gasteiger partial charge is 0.305 e. The molecular formula is C10H22O5. The lowest BCUT2D eigenvalue weighted by molar-refractivity contribution is -0.143. The van der Waals surface area contributed by atoms with Gasteiger partial charge in [0, 0.05) is 20.0 Å². The van der Waals surface area contributed by atoms with Crippen LogP contribution < -0.4 is 0 Å². The average Bonchev–Trinajstić information content (AvgIpc) is 2.05. The van der Waals surface area contributed by atoms with Crippen molar-refractivity contribution in [2.24, 2.45) is 0 Å². The van der Waals surface area contributed by atoms with Gasteiger partial charge in [-0.15, -0.1) is 0 Å². The van der Waals surface area contributed by atoms with Crippen molar-refractivity contribution in [3.63, 3.8) is 0 Å². The summed E-state index contributed by atoms with van der Waals surface area (Å²) in [6, 6.07) is 0. The molecule has 0 aliphatic heterocycles. The van der Waals surface area contributed by atoms with Gasteiger partial charge in [0.15, 0.2) is 0 Å². The van der Waals surface area contributed by atoms with E-state index in [1.807, 2.05) is 13.8 Å². The second kappa shape index (κ2) is 18.6. The first kappa shape index (κ1) is 19.5. The Bertz CT molecular complexity index is 133. The van der Waals surface area contributed by atoms with Crippen LogP contribution in [-0.2, 0) is 14.3 Å². The average molecular weight is 222 g/mol. The maximum Gasteiger partial charge on any atom is 0.305 e. The van der Waals surface area contributed by atoms with E-state index in [0.29, 0.717) is 13.0 Å². The fraction of sp³-hybridized carbons (Fsp3) is 0.800. The molecule has 0 aromatic rings. The predicted octanol–water partition coefficient (Wildman–Crippen LogP) is 1.44. The van der Waals surface area contributed by atoms with Gasteiger partial charge < -0.3 is 14.9 Å². The SMILES string of the molecule is CC(=O)O.CCCC(=O)OCC.CCO. The quantitative estimate of drug-likeness (QED) is 0.706. The maximum atomic E-state index is 10.4. The van der Waals surface area contributed by atoms with Gasteiger partial charge in [-0.1, -0.05) is 6.92 Å². The number of rotatable bonds is 3. The Morgan fingerprint density at radius 1 is 1.20 bits per heavy atom. The van der Waals surface area contributed by atoms with Crippen LogP contribution in [0.3, 0.4) is 0 Å². The third-order valence-corrected chi connectivity index (χ3v) is 0.759. The van der Waals surface area contributed by atoms with Crippen LogP contribution in [-0.4, -0.2) is 35.4 Å². The Kier molecular flexibility index (Phi) is 24.2. The van der Waals surface area contributed by atoms with Crippen molar-refractivity contribution >= 4 is 11.9 Å². The number of aliphatic hydroxyl groups is 1. The number of carboxylic acids is 1. The zero-order chi connectivity index (χ0) is 12.7. The summed E-state index contributed by atoms with van der Waals surface area (Å²) in [5, 5.41) is 15.0. The van der Waals surface area contributed by atoms with Crippen molar-refractivity contribution in [2.75, 3.05) is 13.2 Å². The molecule has 0 heterocycles. The van der Waals surface area contributed by atoms with Gasteiger partial charge in [-0.2, -0.15) is 0 Å². The third kappa shape index (κ3) is 63.8. The van der Waals surface area contributed by atoms with Crippen LogP contribution in [0.2, 0.25) is 0 Å². The molecular weight excluding hydrogens is 200 g/mol. The number of aliphatic carboxylic acids is 1. The highest BCUT2D eigenvalue weighted by Crippen LogP contribution is 1.89. The van der Waals surface area contributed by atoms with E-state index in [4.69, 9.17) is 15.0 Å². The fourth-order valence-corrected chi connectivity index (χ4v) is 0.437. The van der Waals surface area contributed by atoms with Crippen molar-refractivity contribution in [1.29, 1.82) is 0 Å². The molecule has 0 aliphatic carbocycles. The number of carboxylic acid groups (broad SMARTS) is 1. The first-order valence-corrected chi connectivity index (χ1v) is 4.92. The largest absolute Gasteiger partial charge is 0.481 e. The van der Waals surface area contributed by atoms with E-state index in [9.17, 15) is 4.79 Å². The van der Waals surface area contributed by atoms with Crippen LogP contribution in [0.4, 0.5) is 0 Å². The molecule has 0 rings (SSSR count). The maximum absolute atomic E-state index is 10.4. The van der Waals surface area contributed by atoms with Gasteiger partial charge >= 0.3 is 5.97 Å². The Morgan fingerprint density at radius 2 is 1.53 bits per heavy atom. The normalized spacial score (nSPS) is 7.53. The number of aliphatic hydroxyl groups excluding tert-OH is 1. The van der Waals surface area contributed by atoms with Gasteiger partial charge in [-0.3, -0.25) is 9.59 Å². The number of carbonyl (C=O) groups excluding carboxylic acids is 1. The van der Waals surface area contributed by atoms with Crippen LogP contribution in [0.5, 0.6) is 0 Å². The number of ether oxygens (including phenoxy) is 1. The molecule has 0 aliphatic rings. The number of carbonyl (C=O) groups is 2. The van der Waals surface area contributed by atoms with Gasteiger partial charge in [0.05, 0.1) is 6.61 Å². The number of hydrogen-bond donors (Lipinski definition) is 2. The molecule has 2 N–H and O–H groups in total. The Labute approximate surface area is 91.1 Å². The van der Waals surface area contributed by atoms with Gasteiger partial charge in [0.2, 0.25) is 0 Å². The molecule has 0 bridgehead atoms. The van der Waals surface area contributed by atoms with Crippen molar-refractivity contribution in [3.8, 4) is 0 Å². The summed E-state index contributed by atoms with van der Waals surface area (Å²) in [4.78, 5) is 19.4. The van der Waals surface area contributed by atoms with Gasteiger partial charge in [0.25, 0.3) is 5.97 Å². The predicted molar refractivity (Wildman–Crippen MR) is 57.6 cm³/mol. The minimum absolute atomic E-state index is 0.0880. The monoisotopic (exact) mass is 222 g/mol. The van der Waals surface area contributed by atoms with Crippen molar-refractivity contribution in [2.45, 2.75) is 40.5 Å². The Hall–Kier alpha value is -1.10. The molecule has 0 fully saturated rings. The lowest BCUT2D eigenvalue weighted by Gasteiger charge is -1.96. The van der Waals surface area contributed by atoms with Crippen LogP contribution >= 0.6 is 0 Å². The van der Waals surface area contributed by atoms with E-state index in [-0.39, 0.29) is 12.6 Å². The van der Waals surface area contributed by atoms with Gasteiger partial charge in [-0.05, 0) is 20.3 Å². The first-order chi connectivity index (χ1) is 6.95. The second-order valence-corrected chi connectivity index (χ2v) is 2.39. The van der Waals surface area contributed by atoms with E-state index in [0.717, 1.165) is 13.3 Å². The molecule has 92 valence electrons. The zero-order valence-electron chi connectivity index (χ0n) is 9.95. The fourth-order valence-electron chi connectivity index (χ4n) is 0.437. The third-order valence-electron chi connectivity index (χ3n) is 0.759. The van der Waals surface area contributed by atoms with E-state index in [1.165, 1.54) is 0 Å².